The van der Waals surface area contributed by atoms with E-state index in [1.807, 2.05) is 6.07 Å². The standard InChI is InChI=1S/C51H33N3O/c1-3-11-32(12-4-1)36-20-21-38-29-41(24-22-37(38)27-36)50-52-49(40-23-19-34-15-7-8-16-35(34)28-40)53-51(54-50)44-31-47-48(43-18-10-9-17-42(43)44)45-30-39(25-26-46(45)55-47)33-13-5-2-6-14-33/h1-19,22-31H,20-21H2. The van der Waals surface area contributed by atoms with Crippen LogP contribution < -0.4 is 0 Å². The lowest BCUT2D eigenvalue weighted by Crippen LogP contribution is -2.03. The van der Waals surface area contributed by atoms with E-state index in [4.69, 9.17) is 19.4 Å². The molecule has 0 unspecified atom stereocenters. The fourth-order valence-corrected chi connectivity index (χ4v) is 8.23. The lowest BCUT2D eigenvalue weighted by Gasteiger charge is -2.18. The second-order valence-electron chi connectivity index (χ2n) is 14.3. The van der Waals surface area contributed by atoms with E-state index in [0.29, 0.717) is 17.5 Å². The number of rotatable bonds is 5. The van der Waals surface area contributed by atoms with E-state index in [0.717, 1.165) is 73.2 Å². The Hall–Kier alpha value is -7.17. The Morgan fingerprint density at radius 3 is 1.87 bits per heavy atom. The van der Waals surface area contributed by atoms with Gasteiger partial charge in [0.1, 0.15) is 11.2 Å². The Morgan fingerprint density at radius 2 is 1.05 bits per heavy atom. The number of hydrogen-bond acceptors (Lipinski definition) is 4. The summed E-state index contributed by atoms with van der Waals surface area (Å²) in [6.07, 6.45) is 4.27. The number of nitrogens with zero attached hydrogens (tertiary/aromatic N) is 3. The van der Waals surface area contributed by atoms with Crippen LogP contribution in [0.2, 0.25) is 0 Å². The van der Waals surface area contributed by atoms with Gasteiger partial charge in [-0.05, 0) is 98.1 Å². The Bertz CT molecular complexity index is 3140. The lowest BCUT2D eigenvalue weighted by molar-refractivity contribution is 0.669. The third kappa shape index (κ3) is 5.50. The van der Waals surface area contributed by atoms with Crippen LogP contribution in [-0.4, -0.2) is 15.0 Å². The van der Waals surface area contributed by atoms with Gasteiger partial charge in [0.05, 0.1) is 0 Å². The molecule has 258 valence electrons. The maximum absolute atomic E-state index is 6.62. The highest BCUT2D eigenvalue weighted by atomic mass is 16.3. The maximum Gasteiger partial charge on any atom is 0.164 e. The molecule has 10 aromatic rings. The summed E-state index contributed by atoms with van der Waals surface area (Å²) in [6.45, 7) is 0. The van der Waals surface area contributed by atoms with Crippen molar-refractivity contribution >= 4 is 55.1 Å². The van der Waals surface area contributed by atoms with E-state index >= 15 is 0 Å². The third-order valence-electron chi connectivity index (χ3n) is 11.0. The molecule has 1 aliphatic rings. The van der Waals surface area contributed by atoms with Gasteiger partial charge in [0.2, 0.25) is 0 Å². The van der Waals surface area contributed by atoms with Crippen LogP contribution in [0.15, 0.2) is 174 Å². The topological polar surface area (TPSA) is 51.8 Å². The molecule has 2 heterocycles. The Labute approximate surface area is 318 Å². The van der Waals surface area contributed by atoms with Crippen molar-refractivity contribution < 1.29 is 4.42 Å². The van der Waals surface area contributed by atoms with Crippen LogP contribution in [0.5, 0.6) is 0 Å². The SMILES string of the molecule is C1=C(c2ccccc2)CCc2cc(-c3nc(-c4ccc5ccccc5c4)nc(-c4cc5oc6ccc(-c7ccccc7)cc6c5c5ccccc45)n3)ccc21. The normalized spacial score (nSPS) is 12.7. The van der Waals surface area contributed by atoms with Crippen LogP contribution in [0.3, 0.4) is 0 Å². The minimum atomic E-state index is 0.612. The van der Waals surface area contributed by atoms with Crippen LogP contribution in [0.25, 0.3) is 100 Å². The van der Waals surface area contributed by atoms with Gasteiger partial charge in [-0.3, -0.25) is 0 Å². The largest absolute Gasteiger partial charge is 0.456 e. The Balaban J connectivity index is 1.10. The van der Waals surface area contributed by atoms with Crippen molar-refractivity contribution in [2.24, 2.45) is 0 Å². The van der Waals surface area contributed by atoms with Crippen LogP contribution in [-0.2, 0) is 6.42 Å². The fraction of sp³-hybridized carbons (Fsp3) is 0.0392. The highest BCUT2D eigenvalue weighted by molar-refractivity contribution is 6.22. The van der Waals surface area contributed by atoms with Gasteiger partial charge >= 0.3 is 0 Å². The van der Waals surface area contributed by atoms with Gasteiger partial charge in [0.25, 0.3) is 0 Å². The van der Waals surface area contributed by atoms with Crippen molar-refractivity contribution in [3.8, 4) is 45.3 Å². The number of allylic oxidation sites excluding steroid dienone is 1. The summed E-state index contributed by atoms with van der Waals surface area (Å²) >= 11 is 0. The van der Waals surface area contributed by atoms with Gasteiger partial charge in [-0.1, -0.05) is 146 Å². The first kappa shape index (κ1) is 31.4. The lowest BCUT2D eigenvalue weighted by atomic mass is 9.88. The van der Waals surface area contributed by atoms with Crippen LogP contribution in [0.4, 0.5) is 0 Å². The van der Waals surface area contributed by atoms with E-state index in [1.165, 1.54) is 33.2 Å². The molecule has 0 radical (unpaired) electrons. The number of furan rings is 1. The van der Waals surface area contributed by atoms with Crippen molar-refractivity contribution in [3.05, 3.63) is 187 Å². The first-order valence-electron chi connectivity index (χ1n) is 18.8. The van der Waals surface area contributed by atoms with Gasteiger partial charge in [-0.2, -0.15) is 0 Å². The summed E-state index contributed by atoms with van der Waals surface area (Å²) < 4.78 is 6.62. The Morgan fingerprint density at radius 1 is 0.400 bits per heavy atom. The summed E-state index contributed by atoms with van der Waals surface area (Å²) in [5.74, 6) is 1.90. The highest BCUT2D eigenvalue weighted by Crippen LogP contribution is 2.41. The van der Waals surface area contributed by atoms with Crippen molar-refractivity contribution in [3.63, 3.8) is 0 Å². The molecule has 0 saturated carbocycles. The molecule has 4 heteroatoms. The summed E-state index contributed by atoms with van der Waals surface area (Å²) in [5.41, 5.74) is 12.0. The van der Waals surface area contributed by atoms with Gasteiger partial charge in [0, 0.05) is 27.5 Å². The molecular formula is C51H33N3O. The van der Waals surface area contributed by atoms with Gasteiger partial charge < -0.3 is 4.42 Å². The molecule has 0 saturated heterocycles. The average Bonchev–Trinajstić information content (AvgIpc) is 3.64. The first-order valence-corrected chi connectivity index (χ1v) is 18.8. The quantitative estimate of drug-likeness (QED) is 0.179. The minimum Gasteiger partial charge on any atom is -0.456 e. The molecular weight excluding hydrogens is 671 g/mol. The number of hydrogen-bond donors (Lipinski definition) is 0. The van der Waals surface area contributed by atoms with E-state index in [2.05, 4.69) is 170 Å². The van der Waals surface area contributed by atoms with E-state index in [1.54, 1.807) is 0 Å². The molecule has 0 fully saturated rings. The monoisotopic (exact) mass is 703 g/mol. The molecule has 0 amide bonds. The van der Waals surface area contributed by atoms with Crippen molar-refractivity contribution in [1.82, 2.24) is 15.0 Å². The predicted octanol–water partition coefficient (Wildman–Crippen LogP) is 13.2. The van der Waals surface area contributed by atoms with Crippen LogP contribution in [0, 0.1) is 0 Å². The van der Waals surface area contributed by atoms with Crippen molar-refractivity contribution in [1.29, 1.82) is 0 Å². The van der Waals surface area contributed by atoms with Crippen LogP contribution >= 0.6 is 0 Å². The molecule has 1 aliphatic carbocycles. The number of fused-ring (bicyclic) bond motifs is 7. The molecule has 4 nitrogen and oxygen atoms in total. The molecule has 0 aliphatic heterocycles. The minimum absolute atomic E-state index is 0.612. The fourth-order valence-electron chi connectivity index (χ4n) is 8.23. The van der Waals surface area contributed by atoms with Crippen molar-refractivity contribution in [2.75, 3.05) is 0 Å². The molecule has 0 N–H and O–H groups in total. The number of benzene rings is 8. The van der Waals surface area contributed by atoms with Crippen molar-refractivity contribution in [2.45, 2.75) is 12.8 Å². The summed E-state index contributed by atoms with van der Waals surface area (Å²) in [7, 11) is 0. The summed E-state index contributed by atoms with van der Waals surface area (Å²) in [5, 5.41) is 6.66. The van der Waals surface area contributed by atoms with Crippen LogP contribution in [0.1, 0.15) is 23.1 Å². The highest BCUT2D eigenvalue weighted by Gasteiger charge is 2.20. The molecule has 2 aromatic heterocycles. The zero-order chi connectivity index (χ0) is 36.3. The summed E-state index contributed by atoms with van der Waals surface area (Å²) in [6, 6.07) is 59.7. The van der Waals surface area contributed by atoms with E-state index < -0.39 is 0 Å². The van der Waals surface area contributed by atoms with Gasteiger partial charge in [-0.15, -0.1) is 0 Å². The van der Waals surface area contributed by atoms with E-state index in [-0.39, 0.29) is 0 Å². The molecule has 0 spiro atoms. The smallest absolute Gasteiger partial charge is 0.164 e. The zero-order valence-corrected chi connectivity index (χ0v) is 29.9. The predicted molar refractivity (Wildman–Crippen MR) is 226 cm³/mol. The number of aromatic nitrogens is 3. The first-order chi connectivity index (χ1) is 27.2. The van der Waals surface area contributed by atoms with E-state index in [9.17, 15) is 0 Å². The molecule has 55 heavy (non-hydrogen) atoms. The Kier molecular flexibility index (Phi) is 7.27. The average molecular weight is 704 g/mol. The second-order valence-corrected chi connectivity index (χ2v) is 14.3. The third-order valence-corrected chi connectivity index (χ3v) is 11.0. The number of aryl methyl sites for hydroxylation is 1. The zero-order valence-electron chi connectivity index (χ0n) is 29.9. The molecule has 0 atom stereocenters. The summed E-state index contributed by atoms with van der Waals surface area (Å²) in [4.78, 5) is 15.7. The molecule has 0 bridgehead atoms. The molecule has 8 aromatic carbocycles. The van der Waals surface area contributed by atoms with Gasteiger partial charge in [-0.25, -0.2) is 15.0 Å². The molecule has 11 rings (SSSR count). The second kappa shape index (κ2) is 12.8. The maximum atomic E-state index is 6.62. The van der Waals surface area contributed by atoms with Gasteiger partial charge in [0.15, 0.2) is 17.5 Å².